The number of hydrogen-bond donors (Lipinski definition) is 1. The average Bonchev–Trinajstić information content (AvgIpc) is 1.94. The van der Waals surface area contributed by atoms with Gasteiger partial charge in [-0.2, -0.15) is 4.91 Å². The maximum atomic E-state index is 10.8. The predicted molar refractivity (Wildman–Crippen MR) is 36.6 cm³/mol. The Morgan fingerprint density at radius 3 is 3.00 bits per heavy atom. The predicted octanol–water partition coefficient (Wildman–Crippen LogP) is 0.641. The molecular formula is C6H6N2O2. The maximum Gasteiger partial charge on any atom is 0.186 e. The molecule has 10 heavy (non-hydrogen) atoms. The Morgan fingerprint density at radius 2 is 2.40 bits per heavy atom. The third-order valence-electron chi connectivity index (χ3n) is 1.14. The van der Waals surface area contributed by atoms with Gasteiger partial charge in [0.15, 0.2) is 5.43 Å². The third-order valence-corrected chi connectivity index (χ3v) is 1.14. The van der Waals surface area contributed by atoms with Crippen LogP contribution in [0.5, 0.6) is 0 Å². The first kappa shape index (κ1) is 6.67. The first-order valence-corrected chi connectivity index (χ1v) is 2.79. The van der Waals surface area contributed by atoms with E-state index < -0.39 is 0 Å². The lowest BCUT2D eigenvalue weighted by molar-refractivity contribution is 1.02. The Hall–Kier alpha value is -1.45. The molecule has 4 nitrogen and oxygen atoms in total. The largest absolute Gasteiger partial charge is 0.367 e. The van der Waals surface area contributed by atoms with E-state index in [2.05, 4.69) is 10.2 Å². The topological polar surface area (TPSA) is 62.3 Å². The summed E-state index contributed by atoms with van der Waals surface area (Å²) >= 11 is 0. The molecule has 0 aromatic carbocycles. The minimum Gasteiger partial charge on any atom is -0.367 e. The summed E-state index contributed by atoms with van der Waals surface area (Å²) in [5, 5.41) is 2.60. The summed E-state index contributed by atoms with van der Waals surface area (Å²) in [7, 11) is 0. The van der Waals surface area contributed by atoms with E-state index >= 15 is 0 Å². The highest BCUT2D eigenvalue weighted by Crippen LogP contribution is 1.88. The molecule has 1 aromatic heterocycles. The van der Waals surface area contributed by atoms with Crippen molar-refractivity contribution < 1.29 is 0 Å². The normalized spacial score (nSPS) is 9.20. The minimum atomic E-state index is -0.154. The molecule has 0 unspecified atom stereocenters. The highest BCUT2D eigenvalue weighted by Gasteiger charge is 1.94. The first-order chi connectivity index (χ1) is 4.84. The Kier molecular flexibility index (Phi) is 1.94. The molecule has 0 saturated heterocycles. The van der Waals surface area contributed by atoms with Crippen LogP contribution in [0.3, 0.4) is 0 Å². The van der Waals surface area contributed by atoms with Crippen LogP contribution >= 0.6 is 0 Å². The fourth-order valence-corrected chi connectivity index (χ4v) is 0.644. The SMILES string of the molecule is O=NCc1c[nH]ccc1=O. The van der Waals surface area contributed by atoms with Crippen molar-refractivity contribution in [2.75, 3.05) is 0 Å². The molecule has 1 aromatic rings. The van der Waals surface area contributed by atoms with Crippen LogP contribution in [0, 0.1) is 4.91 Å². The van der Waals surface area contributed by atoms with Crippen LogP contribution in [0.15, 0.2) is 28.4 Å². The fourth-order valence-electron chi connectivity index (χ4n) is 0.644. The van der Waals surface area contributed by atoms with Crippen molar-refractivity contribution in [3.05, 3.63) is 39.2 Å². The minimum absolute atomic E-state index is 0.0594. The smallest absolute Gasteiger partial charge is 0.186 e. The average molecular weight is 138 g/mol. The second-order valence-electron chi connectivity index (χ2n) is 1.82. The number of nitroso groups, excluding NO2 is 1. The Labute approximate surface area is 56.9 Å². The Morgan fingerprint density at radius 1 is 1.60 bits per heavy atom. The molecule has 0 aliphatic heterocycles. The molecule has 0 spiro atoms. The zero-order valence-electron chi connectivity index (χ0n) is 5.20. The molecule has 1 heterocycles. The van der Waals surface area contributed by atoms with Crippen molar-refractivity contribution in [2.24, 2.45) is 5.18 Å². The zero-order valence-corrected chi connectivity index (χ0v) is 5.20. The molecule has 4 heteroatoms. The van der Waals surface area contributed by atoms with E-state index in [1.807, 2.05) is 0 Å². The Bertz CT molecular complexity index is 279. The van der Waals surface area contributed by atoms with E-state index in [4.69, 9.17) is 0 Å². The molecular weight excluding hydrogens is 132 g/mol. The van der Waals surface area contributed by atoms with Crippen LogP contribution in [0.25, 0.3) is 0 Å². The van der Waals surface area contributed by atoms with E-state index in [1.54, 1.807) is 0 Å². The Balaban J connectivity index is 3.03. The summed E-state index contributed by atoms with van der Waals surface area (Å²) in [6.45, 7) is -0.0594. The molecule has 0 aliphatic rings. The van der Waals surface area contributed by atoms with Crippen LogP contribution in [0.2, 0.25) is 0 Å². The molecule has 0 amide bonds. The van der Waals surface area contributed by atoms with Crippen molar-refractivity contribution in [1.82, 2.24) is 4.98 Å². The molecule has 0 saturated carbocycles. The summed E-state index contributed by atoms with van der Waals surface area (Å²) in [6, 6.07) is 1.36. The van der Waals surface area contributed by atoms with Crippen molar-refractivity contribution in [1.29, 1.82) is 0 Å². The van der Waals surface area contributed by atoms with E-state index in [9.17, 15) is 9.70 Å². The van der Waals surface area contributed by atoms with E-state index in [0.29, 0.717) is 5.56 Å². The van der Waals surface area contributed by atoms with Gasteiger partial charge in [0, 0.05) is 24.0 Å². The van der Waals surface area contributed by atoms with Gasteiger partial charge in [-0.15, -0.1) is 0 Å². The summed E-state index contributed by atoms with van der Waals surface area (Å²) in [6.07, 6.45) is 2.99. The lowest BCUT2D eigenvalue weighted by atomic mass is 10.3. The molecule has 0 bridgehead atoms. The van der Waals surface area contributed by atoms with E-state index in [0.717, 1.165) is 0 Å². The number of hydrogen-bond acceptors (Lipinski definition) is 3. The zero-order chi connectivity index (χ0) is 7.40. The maximum absolute atomic E-state index is 10.8. The number of nitrogens with zero attached hydrogens (tertiary/aromatic N) is 1. The van der Waals surface area contributed by atoms with Gasteiger partial charge in [-0.05, 0) is 0 Å². The number of aromatic nitrogens is 1. The molecule has 0 aliphatic carbocycles. The molecule has 0 fully saturated rings. The molecule has 0 atom stereocenters. The van der Waals surface area contributed by atoms with Crippen LogP contribution in [-0.4, -0.2) is 4.98 Å². The number of pyridine rings is 1. The number of nitrogens with one attached hydrogen (secondary N) is 1. The van der Waals surface area contributed by atoms with Crippen LogP contribution in [-0.2, 0) is 6.54 Å². The highest BCUT2D eigenvalue weighted by molar-refractivity contribution is 5.08. The lowest BCUT2D eigenvalue weighted by Crippen LogP contribution is -2.05. The van der Waals surface area contributed by atoms with Crippen LogP contribution < -0.4 is 5.43 Å². The van der Waals surface area contributed by atoms with Gasteiger partial charge < -0.3 is 4.98 Å². The van der Waals surface area contributed by atoms with Crippen LogP contribution in [0.4, 0.5) is 0 Å². The van der Waals surface area contributed by atoms with Gasteiger partial charge in [0.2, 0.25) is 0 Å². The summed E-state index contributed by atoms with van der Waals surface area (Å²) in [4.78, 5) is 23.2. The van der Waals surface area contributed by atoms with E-state index in [-0.39, 0.29) is 12.0 Å². The molecule has 0 radical (unpaired) electrons. The monoisotopic (exact) mass is 138 g/mol. The van der Waals surface area contributed by atoms with Gasteiger partial charge in [-0.1, -0.05) is 5.18 Å². The second kappa shape index (κ2) is 2.91. The van der Waals surface area contributed by atoms with Gasteiger partial charge in [0.1, 0.15) is 6.54 Å². The van der Waals surface area contributed by atoms with Crippen molar-refractivity contribution >= 4 is 0 Å². The standard InChI is InChI=1S/C6H6N2O2/c9-6-1-2-7-3-5(6)4-8-10/h1-3H,4H2,(H,7,9). The summed E-state index contributed by atoms with van der Waals surface area (Å²) in [5.74, 6) is 0. The molecule has 1 rings (SSSR count). The van der Waals surface area contributed by atoms with Crippen LogP contribution in [0.1, 0.15) is 5.56 Å². The third kappa shape index (κ3) is 1.28. The van der Waals surface area contributed by atoms with Gasteiger partial charge >= 0.3 is 0 Å². The quantitative estimate of drug-likeness (QED) is 0.609. The summed E-state index contributed by atoms with van der Waals surface area (Å²) < 4.78 is 0. The van der Waals surface area contributed by atoms with Gasteiger partial charge in [-0.3, -0.25) is 4.79 Å². The van der Waals surface area contributed by atoms with Gasteiger partial charge in [0.25, 0.3) is 0 Å². The molecule has 1 N–H and O–H groups in total. The highest BCUT2D eigenvalue weighted by atomic mass is 16.3. The first-order valence-electron chi connectivity index (χ1n) is 2.79. The van der Waals surface area contributed by atoms with E-state index in [1.165, 1.54) is 18.5 Å². The number of rotatable bonds is 2. The second-order valence-corrected chi connectivity index (χ2v) is 1.82. The van der Waals surface area contributed by atoms with Gasteiger partial charge in [0.05, 0.1) is 0 Å². The molecule has 52 valence electrons. The lowest BCUT2D eigenvalue weighted by Gasteiger charge is -1.88. The fraction of sp³-hybridized carbons (Fsp3) is 0.167. The van der Waals surface area contributed by atoms with Crippen molar-refractivity contribution in [3.8, 4) is 0 Å². The number of aromatic amines is 1. The van der Waals surface area contributed by atoms with Gasteiger partial charge in [-0.25, -0.2) is 0 Å². The summed E-state index contributed by atoms with van der Waals surface area (Å²) in [5.41, 5.74) is 0.246. The van der Waals surface area contributed by atoms with Crippen molar-refractivity contribution in [3.63, 3.8) is 0 Å². The number of H-pyrrole nitrogens is 1. The van der Waals surface area contributed by atoms with Crippen molar-refractivity contribution in [2.45, 2.75) is 6.54 Å².